The van der Waals surface area contributed by atoms with Crippen LogP contribution in [0.5, 0.6) is 0 Å². The molecule has 2 rings (SSSR count). The van der Waals surface area contributed by atoms with E-state index in [1.807, 2.05) is 6.92 Å². The van der Waals surface area contributed by atoms with Gasteiger partial charge in [0.15, 0.2) is 5.78 Å². The summed E-state index contributed by atoms with van der Waals surface area (Å²) in [6, 6.07) is 3.41. The lowest BCUT2D eigenvalue weighted by Gasteiger charge is -1.97. The highest BCUT2D eigenvalue weighted by Crippen LogP contribution is 2.17. The summed E-state index contributed by atoms with van der Waals surface area (Å²) >= 11 is 1.41. The van der Waals surface area contributed by atoms with Crippen LogP contribution in [0.3, 0.4) is 0 Å². The number of ketones is 1. The monoisotopic (exact) mass is 236 g/mol. The van der Waals surface area contributed by atoms with E-state index in [2.05, 4.69) is 4.98 Å². The second-order valence-electron chi connectivity index (χ2n) is 3.54. The number of thiazole rings is 1. The van der Waals surface area contributed by atoms with Crippen molar-refractivity contribution in [3.05, 3.63) is 40.2 Å². The van der Waals surface area contributed by atoms with Gasteiger partial charge in [0.1, 0.15) is 16.5 Å². The molecule has 0 fully saturated rings. The smallest absolute Gasteiger partial charge is 0.189 e. The van der Waals surface area contributed by atoms with Gasteiger partial charge in [0, 0.05) is 5.38 Å². The van der Waals surface area contributed by atoms with Crippen molar-refractivity contribution in [3.8, 4) is 0 Å². The number of furan rings is 1. The van der Waals surface area contributed by atoms with Gasteiger partial charge in [0.2, 0.25) is 0 Å². The first-order valence-electron chi connectivity index (χ1n) is 4.93. The van der Waals surface area contributed by atoms with E-state index in [0.29, 0.717) is 11.5 Å². The topological polar surface area (TPSA) is 69.1 Å². The lowest BCUT2D eigenvalue weighted by Crippen LogP contribution is -2.07. The highest BCUT2D eigenvalue weighted by molar-refractivity contribution is 7.09. The van der Waals surface area contributed by atoms with Crippen LogP contribution in [0.2, 0.25) is 0 Å². The zero-order valence-corrected chi connectivity index (χ0v) is 9.66. The number of aromatic nitrogens is 1. The van der Waals surface area contributed by atoms with Crippen LogP contribution >= 0.6 is 11.3 Å². The fraction of sp³-hybridized carbons (Fsp3) is 0.273. The molecule has 0 saturated carbocycles. The summed E-state index contributed by atoms with van der Waals surface area (Å²) in [5.41, 5.74) is 6.15. The van der Waals surface area contributed by atoms with E-state index >= 15 is 0 Å². The average Bonchev–Trinajstić information content (AvgIpc) is 2.86. The van der Waals surface area contributed by atoms with Crippen LogP contribution in [-0.4, -0.2) is 10.8 Å². The van der Waals surface area contributed by atoms with Gasteiger partial charge >= 0.3 is 0 Å². The molecule has 1 atom stereocenters. The number of rotatable bonds is 4. The van der Waals surface area contributed by atoms with Gasteiger partial charge in [0.25, 0.3) is 0 Å². The standard InChI is InChI=1S/C11H12N2O2S/c1-7(12)11-13-9(6-16-11)10(14)5-8-3-2-4-15-8/h2-4,6-7H,5,12H2,1H3. The van der Waals surface area contributed by atoms with Gasteiger partial charge in [0.05, 0.1) is 18.7 Å². The van der Waals surface area contributed by atoms with Crippen molar-refractivity contribution < 1.29 is 9.21 Å². The third-order valence-electron chi connectivity index (χ3n) is 2.11. The zero-order chi connectivity index (χ0) is 11.5. The Kier molecular flexibility index (Phi) is 3.17. The van der Waals surface area contributed by atoms with Crippen LogP contribution in [0.1, 0.15) is 34.2 Å². The maximum Gasteiger partial charge on any atom is 0.189 e. The molecule has 2 N–H and O–H groups in total. The summed E-state index contributed by atoms with van der Waals surface area (Å²) in [5.74, 6) is 0.610. The van der Waals surface area contributed by atoms with Crippen LogP contribution in [0.4, 0.5) is 0 Å². The third kappa shape index (κ3) is 2.37. The minimum atomic E-state index is -0.129. The van der Waals surface area contributed by atoms with E-state index in [1.54, 1.807) is 23.8 Å². The number of nitrogens with zero attached hydrogens (tertiary/aromatic N) is 1. The molecule has 4 nitrogen and oxygen atoms in total. The fourth-order valence-corrected chi connectivity index (χ4v) is 2.07. The molecule has 0 saturated heterocycles. The number of Topliss-reactive ketones (excluding diaryl/α,β-unsaturated/α-hetero) is 1. The molecule has 16 heavy (non-hydrogen) atoms. The molecule has 0 radical (unpaired) electrons. The Bertz CT molecular complexity index is 474. The molecule has 84 valence electrons. The molecule has 0 aromatic carbocycles. The van der Waals surface area contributed by atoms with Crippen molar-refractivity contribution in [2.45, 2.75) is 19.4 Å². The maximum absolute atomic E-state index is 11.8. The Balaban J connectivity index is 2.09. The molecule has 0 spiro atoms. The summed E-state index contributed by atoms with van der Waals surface area (Å²) in [6.07, 6.45) is 1.80. The zero-order valence-electron chi connectivity index (χ0n) is 8.84. The molecule has 0 amide bonds. The van der Waals surface area contributed by atoms with Crippen molar-refractivity contribution in [2.75, 3.05) is 0 Å². The van der Waals surface area contributed by atoms with Crippen molar-refractivity contribution in [2.24, 2.45) is 5.73 Å². The first-order valence-corrected chi connectivity index (χ1v) is 5.81. The van der Waals surface area contributed by atoms with E-state index in [-0.39, 0.29) is 18.2 Å². The fourth-order valence-electron chi connectivity index (χ4n) is 1.29. The van der Waals surface area contributed by atoms with Gasteiger partial charge in [-0.2, -0.15) is 0 Å². The summed E-state index contributed by atoms with van der Waals surface area (Å²) < 4.78 is 5.11. The highest BCUT2D eigenvalue weighted by Gasteiger charge is 2.14. The van der Waals surface area contributed by atoms with Crippen LogP contribution < -0.4 is 5.73 Å². The summed E-state index contributed by atoms with van der Waals surface area (Å²) in [7, 11) is 0. The number of hydrogen-bond donors (Lipinski definition) is 1. The predicted molar refractivity (Wildman–Crippen MR) is 61.5 cm³/mol. The molecule has 2 heterocycles. The van der Waals surface area contributed by atoms with E-state index in [0.717, 1.165) is 5.01 Å². The molecule has 1 unspecified atom stereocenters. The number of hydrogen-bond acceptors (Lipinski definition) is 5. The van der Waals surface area contributed by atoms with E-state index in [1.165, 1.54) is 11.3 Å². The first-order chi connectivity index (χ1) is 7.66. The normalized spacial score (nSPS) is 12.6. The third-order valence-corrected chi connectivity index (χ3v) is 3.16. The minimum absolute atomic E-state index is 0.0434. The number of nitrogens with two attached hydrogens (primary N) is 1. The molecule has 0 aliphatic heterocycles. The van der Waals surface area contributed by atoms with Crippen molar-refractivity contribution in [3.63, 3.8) is 0 Å². The van der Waals surface area contributed by atoms with E-state index in [4.69, 9.17) is 10.2 Å². The van der Waals surface area contributed by atoms with Gasteiger partial charge in [-0.15, -0.1) is 11.3 Å². The van der Waals surface area contributed by atoms with Gasteiger partial charge < -0.3 is 10.2 Å². The summed E-state index contributed by atoms with van der Waals surface area (Å²) in [4.78, 5) is 16.0. The Morgan fingerprint density at radius 3 is 3.06 bits per heavy atom. The predicted octanol–water partition coefficient (Wildman–Crippen LogP) is 2.18. The Labute approximate surface area is 97.1 Å². The second-order valence-corrected chi connectivity index (χ2v) is 4.43. The van der Waals surface area contributed by atoms with Crippen LogP contribution in [0.25, 0.3) is 0 Å². The van der Waals surface area contributed by atoms with Crippen LogP contribution in [0, 0.1) is 0 Å². The van der Waals surface area contributed by atoms with E-state index in [9.17, 15) is 4.79 Å². The lowest BCUT2D eigenvalue weighted by atomic mass is 10.2. The quantitative estimate of drug-likeness (QED) is 0.826. The van der Waals surface area contributed by atoms with E-state index < -0.39 is 0 Å². The van der Waals surface area contributed by atoms with Gasteiger partial charge in [-0.1, -0.05) is 0 Å². The summed E-state index contributed by atoms with van der Waals surface area (Å²) in [6.45, 7) is 1.85. The lowest BCUT2D eigenvalue weighted by molar-refractivity contribution is 0.0982. The van der Waals surface area contributed by atoms with Gasteiger partial charge in [-0.3, -0.25) is 4.79 Å². The van der Waals surface area contributed by atoms with Gasteiger partial charge in [-0.25, -0.2) is 4.98 Å². The van der Waals surface area contributed by atoms with Crippen LogP contribution in [0.15, 0.2) is 28.2 Å². The largest absolute Gasteiger partial charge is 0.469 e. The van der Waals surface area contributed by atoms with Gasteiger partial charge in [-0.05, 0) is 19.1 Å². The van der Waals surface area contributed by atoms with Crippen molar-refractivity contribution >= 4 is 17.1 Å². The van der Waals surface area contributed by atoms with Crippen molar-refractivity contribution in [1.29, 1.82) is 0 Å². The molecule has 2 aromatic rings. The average molecular weight is 236 g/mol. The Morgan fingerprint density at radius 2 is 2.50 bits per heavy atom. The molecule has 0 bridgehead atoms. The van der Waals surface area contributed by atoms with Crippen LogP contribution in [-0.2, 0) is 6.42 Å². The summed E-state index contributed by atoms with van der Waals surface area (Å²) in [5, 5.41) is 2.52. The molecule has 0 aliphatic rings. The molecular weight excluding hydrogens is 224 g/mol. The molecular formula is C11H12N2O2S. The molecule has 5 heteroatoms. The Hall–Kier alpha value is -1.46. The minimum Gasteiger partial charge on any atom is -0.469 e. The first kappa shape index (κ1) is 11.0. The maximum atomic E-state index is 11.8. The molecule has 2 aromatic heterocycles. The molecule has 0 aliphatic carbocycles. The highest BCUT2D eigenvalue weighted by atomic mass is 32.1. The van der Waals surface area contributed by atoms with Crippen molar-refractivity contribution in [1.82, 2.24) is 4.98 Å². The Morgan fingerprint density at radius 1 is 1.69 bits per heavy atom. The number of carbonyl (C=O) groups excluding carboxylic acids is 1. The second kappa shape index (κ2) is 4.59. The SMILES string of the molecule is CC(N)c1nc(C(=O)Cc2ccco2)cs1. The number of carbonyl (C=O) groups is 1.